The van der Waals surface area contributed by atoms with Gasteiger partial charge in [-0.15, -0.1) is 0 Å². The molecule has 1 aliphatic carbocycles. The standard InChI is InChI=1S/C14H24BrN3O2S/c1-10-14(11(2)18(3)17-10)21(19,20)16-9-13-7-5-4-6-12(13)8-15/h12-13,16H,4-9H2,1-3H3. The quantitative estimate of drug-likeness (QED) is 0.801. The van der Waals surface area contributed by atoms with Gasteiger partial charge in [-0.2, -0.15) is 5.10 Å². The summed E-state index contributed by atoms with van der Waals surface area (Å²) in [6, 6.07) is 0. The molecule has 1 saturated carbocycles. The number of nitrogens with zero attached hydrogens (tertiary/aromatic N) is 2. The molecule has 1 fully saturated rings. The van der Waals surface area contributed by atoms with Crippen molar-refractivity contribution < 1.29 is 8.42 Å². The molecule has 2 rings (SSSR count). The molecule has 7 heteroatoms. The zero-order valence-electron chi connectivity index (χ0n) is 12.9. The average molecular weight is 378 g/mol. The molecule has 0 radical (unpaired) electrons. The molecule has 21 heavy (non-hydrogen) atoms. The second-order valence-corrected chi connectivity index (χ2v) is 8.29. The Morgan fingerprint density at radius 1 is 1.29 bits per heavy atom. The maximum absolute atomic E-state index is 12.5. The van der Waals surface area contributed by atoms with Crippen LogP contribution in [0.5, 0.6) is 0 Å². The number of rotatable bonds is 5. The molecule has 1 N–H and O–H groups in total. The summed E-state index contributed by atoms with van der Waals surface area (Å²) < 4.78 is 29.5. The van der Waals surface area contributed by atoms with Gasteiger partial charge in [0, 0.05) is 18.9 Å². The Balaban J connectivity index is 2.11. The molecular formula is C14H24BrN3O2S. The highest BCUT2D eigenvalue weighted by Gasteiger charge is 2.28. The van der Waals surface area contributed by atoms with Crippen LogP contribution in [0.25, 0.3) is 0 Å². The first-order valence-corrected chi connectivity index (χ1v) is 10.0. The van der Waals surface area contributed by atoms with Gasteiger partial charge in [0.25, 0.3) is 0 Å². The maximum Gasteiger partial charge on any atom is 0.244 e. The predicted molar refractivity (Wildman–Crippen MR) is 87.1 cm³/mol. The summed E-state index contributed by atoms with van der Waals surface area (Å²) in [4.78, 5) is 0.330. The van der Waals surface area contributed by atoms with E-state index in [2.05, 4.69) is 25.8 Å². The van der Waals surface area contributed by atoms with E-state index in [0.29, 0.717) is 34.7 Å². The van der Waals surface area contributed by atoms with E-state index in [0.717, 1.165) is 11.8 Å². The van der Waals surface area contributed by atoms with Gasteiger partial charge in [-0.1, -0.05) is 28.8 Å². The van der Waals surface area contributed by atoms with Crippen molar-refractivity contribution in [3.05, 3.63) is 11.4 Å². The monoisotopic (exact) mass is 377 g/mol. The largest absolute Gasteiger partial charge is 0.271 e. The van der Waals surface area contributed by atoms with Crippen molar-refractivity contribution in [3.8, 4) is 0 Å². The Kier molecular flexibility index (Phi) is 5.48. The van der Waals surface area contributed by atoms with Gasteiger partial charge < -0.3 is 0 Å². The van der Waals surface area contributed by atoms with Crippen molar-refractivity contribution in [1.82, 2.24) is 14.5 Å². The van der Waals surface area contributed by atoms with Crippen molar-refractivity contribution >= 4 is 26.0 Å². The van der Waals surface area contributed by atoms with E-state index in [4.69, 9.17) is 0 Å². The molecule has 1 aliphatic rings. The zero-order chi connectivity index (χ0) is 15.6. The van der Waals surface area contributed by atoms with E-state index >= 15 is 0 Å². The molecule has 1 aromatic rings. The highest BCUT2D eigenvalue weighted by atomic mass is 79.9. The second-order valence-electron chi connectivity index (χ2n) is 5.93. The minimum atomic E-state index is -3.48. The third-order valence-electron chi connectivity index (χ3n) is 4.51. The number of halogens is 1. The van der Waals surface area contributed by atoms with Crippen molar-refractivity contribution in [2.45, 2.75) is 44.4 Å². The van der Waals surface area contributed by atoms with E-state index in [1.54, 1.807) is 25.6 Å². The maximum atomic E-state index is 12.5. The number of hydrogen-bond acceptors (Lipinski definition) is 3. The van der Waals surface area contributed by atoms with Gasteiger partial charge in [0.15, 0.2) is 0 Å². The smallest absolute Gasteiger partial charge is 0.244 e. The summed E-state index contributed by atoms with van der Waals surface area (Å²) in [7, 11) is -1.71. The summed E-state index contributed by atoms with van der Waals surface area (Å²) in [5.41, 5.74) is 1.24. The zero-order valence-corrected chi connectivity index (χ0v) is 15.3. The number of nitrogens with one attached hydrogen (secondary N) is 1. The fourth-order valence-corrected chi connectivity index (χ4v) is 5.57. The van der Waals surface area contributed by atoms with Crippen LogP contribution in [0.4, 0.5) is 0 Å². The van der Waals surface area contributed by atoms with Crippen LogP contribution in [0, 0.1) is 25.7 Å². The summed E-state index contributed by atoms with van der Waals surface area (Å²) in [6.07, 6.45) is 4.73. The summed E-state index contributed by atoms with van der Waals surface area (Å²) >= 11 is 3.55. The second kappa shape index (κ2) is 6.79. The molecule has 0 aromatic carbocycles. The van der Waals surface area contributed by atoms with Crippen molar-refractivity contribution in [2.24, 2.45) is 18.9 Å². The molecule has 0 aliphatic heterocycles. The van der Waals surface area contributed by atoms with E-state index in [1.165, 1.54) is 19.3 Å². The van der Waals surface area contributed by atoms with Gasteiger partial charge in [0.05, 0.1) is 11.4 Å². The minimum Gasteiger partial charge on any atom is -0.271 e. The van der Waals surface area contributed by atoms with E-state index in [-0.39, 0.29) is 0 Å². The topological polar surface area (TPSA) is 64.0 Å². The lowest BCUT2D eigenvalue weighted by Crippen LogP contribution is -2.35. The van der Waals surface area contributed by atoms with Crippen LogP contribution >= 0.6 is 15.9 Å². The van der Waals surface area contributed by atoms with E-state index in [1.807, 2.05) is 0 Å². The summed E-state index contributed by atoms with van der Waals surface area (Å²) in [5, 5.41) is 5.14. The lowest BCUT2D eigenvalue weighted by molar-refractivity contribution is 0.263. The van der Waals surface area contributed by atoms with Crippen LogP contribution in [0.1, 0.15) is 37.1 Å². The highest BCUT2D eigenvalue weighted by molar-refractivity contribution is 9.09. The van der Waals surface area contributed by atoms with Crippen LogP contribution in [-0.2, 0) is 17.1 Å². The first kappa shape index (κ1) is 17.0. The molecule has 1 heterocycles. The third-order valence-corrected chi connectivity index (χ3v) is 7.02. The molecular weight excluding hydrogens is 354 g/mol. The molecule has 0 amide bonds. The first-order valence-electron chi connectivity index (χ1n) is 7.42. The van der Waals surface area contributed by atoms with E-state index < -0.39 is 10.0 Å². The summed E-state index contributed by atoms with van der Waals surface area (Å²) in [5.74, 6) is 0.989. The summed E-state index contributed by atoms with van der Waals surface area (Å²) in [6.45, 7) is 4.05. The van der Waals surface area contributed by atoms with Gasteiger partial charge in [-0.25, -0.2) is 13.1 Å². The predicted octanol–water partition coefficient (Wildman–Crippen LogP) is 2.52. The number of aromatic nitrogens is 2. The van der Waals surface area contributed by atoms with Crippen molar-refractivity contribution in [1.29, 1.82) is 0 Å². The lowest BCUT2D eigenvalue weighted by Gasteiger charge is -2.30. The molecule has 0 bridgehead atoms. The molecule has 0 spiro atoms. The van der Waals surface area contributed by atoms with Crippen molar-refractivity contribution in [2.75, 3.05) is 11.9 Å². The molecule has 5 nitrogen and oxygen atoms in total. The molecule has 2 atom stereocenters. The van der Waals surface area contributed by atoms with Gasteiger partial charge in [0.1, 0.15) is 4.90 Å². The van der Waals surface area contributed by atoms with Gasteiger partial charge >= 0.3 is 0 Å². The molecule has 0 saturated heterocycles. The van der Waals surface area contributed by atoms with Crippen LogP contribution in [-0.4, -0.2) is 30.1 Å². The van der Waals surface area contributed by atoms with Gasteiger partial charge in [-0.05, 0) is 38.5 Å². The van der Waals surface area contributed by atoms with Crippen LogP contribution < -0.4 is 4.72 Å². The first-order chi connectivity index (χ1) is 9.86. The van der Waals surface area contributed by atoms with Gasteiger partial charge in [0.2, 0.25) is 10.0 Å². The Hall–Kier alpha value is -0.400. The van der Waals surface area contributed by atoms with Crippen LogP contribution in [0.3, 0.4) is 0 Å². The fourth-order valence-electron chi connectivity index (χ4n) is 3.19. The average Bonchev–Trinajstić information content (AvgIpc) is 2.70. The fraction of sp³-hybridized carbons (Fsp3) is 0.786. The number of aryl methyl sites for hydroxylation is 2. The highest BCUT2D eigenvalue weighted by Crippen LogP contribution is 2.31. The van der Waals surface area contributed by atoms with Crippen LogP contribution in [0.15, 0.2) is 4.90 Å². The molecule has 2 unspecified atom stereocenters. The van der Waals surface area contributed by atoms with Crippen molar-refractivity contribution in [3.63, 3.8) is 0 Å². The Morgan fingerprint density at radius 3 is 2.43 bits per heavy atom. The Bertz CT molecular complexity index is 598. The number of hydrogen-bond donors (Lipinski definition) is 1. The normalized spacial score (nSPS) is 23.4. The SMILES string of the molecule is Cc1nn(C)c(C)c1S(=O)(=O)NCC1CCCCC1CBr. The number of sulfonamides is 1. The van der Waals surface area contributed by atoms with E-state index in [9.17, 15) is 8.42 Å². The van der Waals surface area contributed by atoms with Gasteiger partial charge in [-0.3, -0.25) is 4.68 Å². The molecule has 120 valence electrons. The minimum absolute atomic E-state index is 0.330. The molecule has 1 aromatic heterocycles. The Labute approximate surface area is 135 Å². The Morgan fingerprint density at radius 2 is 1.90 bits per heavy atom. The third kappa shape index (κ3) is 3.68. The number of alkyl halides is 1. The lowest BCUT2D eigenvalue weighted by atomic mass is 9.80. The van der Waals surface area contributed by atoms with Crippen LogP contribution in [0.2, 0.25) is 0 Å².